The van der Waals surface area contributed by atoms with Crippen LogP contribution in [0.5, 0.6) is 5.75 Å². The summed E-state index contributed by atoms with van der Waals surface area (Å²) < 4.78 is 10.9. The lowest BCUT2D eigenvalue weighted by Crippen LogP contribution is -2.36. The summed E-state index contributed by atoms with van der Waals surface area (Å²) in [7, 11) is 3.90. The summed E-state index contributed by atoms with van der Waals surface area (Å²) >= 11 is 0. The van der Waals surface area contributed by atoms with Crippen molar-refractivity contribution in [3.63, 3.8) is 0 Å². The van der Waals surface area contributed by atoms with Crippen molar-refractivity contribution in [2.45, 2.75) is 13.0 Å². The topological polar surface area (TPSA) is 54.7 Å². The normalized spacial score (nSPS) is 12.2. The molecule has 1 aromatic heterocycles. The summed E-state index contributed by atoms with van der Waals surface area (Å²) in [5.41, 5.74) is 1.01. The smallest absolute Gasteiger partial charge is 0.258 e. The van der Waals surface area contributed by atoms with E-state index in [-0.39, 0.29) is 18.6 Å². The van der Waals surface area contributed by atoms with Gasteiger partial charge in [0.1, 0.15) is 11.5 Å². The molecule has 1 amide bonds. The maximum Gasteiger partial charge on any atom is 0.258 e. The Morgan fingerprint density at radius 1 is 1.27 bits per heavy atom. The number of ether oxygens (including phenoxy) is 1. The third-order valence-electron chi connectivity index (χ3n) is 3.44. The summed E-state index contributed by atoms with van der Waals surface area (Å²) in [6, 6.07) is 11.4. The van der Waals surface area contributed by atoms with Crippen LogP contribution in [0, 0.1) is 6.92 Å². The maximum atomic E-state index is 11.9. The van der Waals surface area contributed by atoms with Gasteiger partial charge in [0.25, 0.3) is 5.91 Å². The Bertz CT molecular complexity index is 594. The molecule has 0 fully saturated rings. The lowest BCUT2D eigenvalue weighted by molar-refractivity contribution is -0.123. The molecule has 118 valence electrons. The number of rotatable bonds is 7. The number of amides is 1. The zero-order chi connectivity index (χ0) is 15.9. The maximum absolute atomic E-state index is 11.9. The number of furan rings is 1. The van der Waals surface area contributed by atoms with Crippen molar-refractivity contribution < 1.29 is 13.9 Å². The van der Waals surface area contributed by atoms with Gasteiger partial charge in [0.2, 0.25) is 0 Å². The molecule has 5 nitrogen and oxygen atoms in total. The van der Waals surface area contributed by atoms with E-state index in [4.69, 9.17) is 9.15 Å². The van der Waals surface area contributed by atoms with Crippen LogP contribution in [0.1, 0.15) is 17.4 Å². The molecule has 2 aromatic rings. The van der Waals surface area contributed by atoms with Crippen LogP contribution >= 0.6 is 0 Å². The number of nitrogens with zero attached hydrogens (tertiary/aromatic N) is 1. The summed E-state index contributed by atoms with van der Waals surface area (Å²) in [4.78, 5) is 13.9. The predicted octanol–water partition coefficient (Wildman–Crippen LogP) is 2.39. The van der Waals surface area contributed by atoms with Crippen LogP contribution in [-0.2, 0) is 4.79 Å². The molecule has 0 saturated carbocycles. The first-order chi connectivity index (χ1) is 10.6. The first kappa shape index (κ1) is 16.1. The lowest BCUT2D eigenvalue weighted by atomic mass is 10.2. The molecule has 1 unspecified atom stereocenters. The van der Waals surface area contributed by atoms with Crippen molar-refractivity contribution in [1.82, 2.24) is 10.2 Å². The lowest BCUT2D eigenvalue weighted by Gasteiger charge is -2.22. The minimum Gasteiger partial charge on any atom is -0.484 e. The van der Waals surface area contributed by atoms with Gasteiger partial charge in [0, 0.05) is 6.54 Å². The zero-order valence-electron chi connectivity index (χ0n) is 13.2. The van der Waals surface area contributed by atoms with Gasteiger partial charge >= 0.3 is 0 Å². The molecule has 0 bridgehead atoms. The fourth-order valence-corrected chi connectivity index (χ4v) is 2.14. The van der Waals surface area contributed by atoms with E-state index in [2.05, 4.69) is 5.32 Å². The molecule has 5 heteroatoms. The van der Waals surface area contributed by atoms with Crippen molar-refractivity contribution >= 4 is 5.91 Å². The summed E-state index contributed by atoms with van der Waals surface area (Å²) in [5, 5.41) is 2.88. The quantitative estimate of drug-likeness (QED) is 0.853. The average Bonchev–Trinajstić information content (AvgIpc) is 3.00. The molecule has 0 aliphatic carbocycles. The summed E-state index contributed by atoms with van der Waals surface area (Å²) in [5.74, 6) is 1.40. The van der Waals surface area contributed by atoms with Crippen molar-refractivity contribution in [1.29, 1.82) is 0 Å². The zero-order valence-corrected chi connectivity index (χ0v) is 13.2. The number of carbonyl (C=O) groups is 1. The Hall–Kier alpha value is -2.27. The van der Waals surface area contributed by atoms with Crippen molar-refractivity contribution in [3.8, 4) is 5.75 Å². The molecule has 0 saturated heterocycles. The Morgan fingerprint density at radius 2 is 2.05 bits per heavy atom. The molecular formula is C17H22N2O3. The largest absolute Gasteiger partial charge is 0.484 e. The third-order valence-corrected chi connectivity index (χ3v) is 3.44. The average molecular weight is 302 g/mol. The van der Waals surface area contributed by atoms with Crippen molar-refractivity contribution in [2.24, 2.45) is 0 Å². The standard InChI is InChI=1S/C17H22N2O3/c1-13-7-4-5-8-15(13)22-12-17(20)18-11-14(19(2)3)16-9-6-10-21-16/h4-10,14H,11-12H2,1-3H3,(H,18,20). The monoisotopic (exact) mass is 302 g/mol. The Labute approximate surface area is 130 Å². The summed E-state index contributed by atoms with van der Waals surface area (Å²) in [6.07, 6.45) is 1.63. The van der Waals surface area contributed by atoms with Crippen LogP contribution in [0.3, 0.4) is 0 Å². The van der Waals surface area contributed by atoms with Gasteiger partial charge in [-0.3, -0.25) is 9.69 Å². The van der Waals surface area contributed by atoms with Crippen LogP contribution in [-0.4, -0.2) is 38.1 Å². The second kappa shape index (κ2) is 7.66. The Balaban J connectivity index is 1.83. The van der Waals surface area contributed by atoms with E-state index in [9.17, 15) is 4.79 Å². The fourth-order valence-electron chi connectivity index (χ4n) is 2.14. The molecule has 0 radical (unpaired) electrons. The van der Waals surface area contributed by atoms with Crippen LogP contribution in [0.15, 0.2) is 47.1 Å². The van der Waals surface area contributed by atoms with E-state index in [0.29, 0.717) is 6.54 Å². The SMILES string of the molecule is Cc1ccccc1OCC(=O)NCC(c1ccco1)N(C)C. The van der Waals surface area contributed by atoms with Crippen LogP contribution in [0.2, 0.25) is 0 Å². The van der Waals surface area contributed by atoms with E-state index in [1.54, 1.807) is 6.26 Å². The summed E-state index contributed by atoms with van der Waals surface area (Å²) in [6.45, 7) is 2.42. The van der Waals surface area contributed by atoms with Crippen molar-refractivity contribution in [2.75, 3.05) is 27.2 Å². The van der Waals surface area contributed by atoms with E-state index in [0.717, 1.165) is 17.1 Å². The van der Waals surface area contributed by atoms with Gasteiger partial charge in [-0.15, -0.1) is 0 Å². The highest BCUT2D eigenvalue weighted by atomic mass is 16.5. The number of hydrogen-bond donors (Lipinski definition) is 1. The van der Waals surface area contributed by atoms with Gasteiger partial charge in [0.15, 0.2) is 6.61 Å². The first-order valence-electron chi connectivity index (χ1n) is 7.23. The molecular weight excluding hydrogens is 280 g/mol. The molecule has 0 spiro atoms. The number of para-hydroxylation sites is 1. The van der Waals surface area contributed by atoms with E-state index < -0.39 is 0 Å². The molecule has 1 aromatic carbocycles. The number of nitrogens with one attached hydrogen (secondary N) is 1. The molecule has 1 heterocycles. The molecule has 1 atom stereocenters. The molecule has 22 heavy (non-hydrogen) atoms. The van der Waals surface area contributed by atoms with Gasteiger partial charge in [-0.05, 0) is 44.8 Å². The second-order valence-electron chi connectivity index (χ2n) is 5.35. The van der Waals surface area contributed by atoms with Crippen LogP contribution in [0.25, 0.3) is 0 Å². The minimum atomic E-state index is -0.151. The van der Waals surface area contributed by atoms with Gasteiger partial charge in [-0.1, -0.05) is 18.2 Å². The molecule has 1 N–H and O–H groups in total. The number of hydrogen-bond acceptors (Lipinski definition) is 4. The highest BCUT2D eigenvalue weighted by molar-refractivity contribution is 5.77. The predicted molar refractivity (Wildman–Crippen MR) is 84.8 cm³/mol. The van der Waals surface area contributed by atoms with Gasteiger partial charge in [-0.25, -0.2) is 0 Å². The van der Waals surface area contributed by atoms with Gasteiger partial charge < -0.3 is 14.5 Å². The number of likely N-dealkylation sites (N-methyl/N-ethyl adjacent to an activating group) is 1. The van der Waals surface area contributed by atoms with Crippen LogP contribution in [0.4, 0.5) is 0 Å². The highest BCUT2D eigenvalue weighted by Crippen LogP contribution is 2.18. The Morgan fingerprint density at radius 3 is 2.68 bits per heavy atom. The minimum absolute atomic E-state index is 0.00240. The third kappa shape index (κ3) is 4.36. The molecule has 0 aliphatic rings. The van der Waals surface area contributed by atoms with E-state index in [1.807, 2.05) is 62.3 Å². The molecule has 0 aliphatic heterocycles. The highest BCUT2D eigenvalue weighted by Gasteiger charge is 2.17. The second-order valence-corrected chi connectivity index (χ2v) is 5.35. The number of aryl methyl sites for hydroxylation is 1. The van der Waals surface area contributed by atoms with Gasteiger partial charge in [-0.2, -0.15) is 0 Å². The van der Waals surface area contributed by atoms with E-state index in [1.165, 1.54) is 0 Å². The van der Waals surface area contributed by atoms with Gasteiger partial charge in [0.05, 0.1) is 12.3 Å². The van der Waals surface area contributed by atoms with Crippen LogP contribution < -0.4 is 10.1 Å². The number of benzene rings is 1. The first-order valence-corrected chi connectivity index (χ1v) is 7.23. The molecule has 2 rings (SSSR count). The van der Waals surface area contributed by atoms with Crippen molar-refractivity contribution in [3.05, 3.63) is 54.0 Å². The number of carbonyl (C=O) groups excluding carboxylic acids is 1. The fraction of sp³-hybridized carbons (Fsp3) is 0.353. The Kier molecular flexibility index (Phi) is 5.61. The van der Waals surface area contributed by atoms with E-state index >= 15 is 0 Å².